The van der Waals surface area contributed by atoms with Crippen molar-refractivity contribution in [3.8, 4) is 0 Å². The molecule has 0 atom stereocenters. The van der Waals surface area contributed by atoms with Crippen LogP contribution in [0.4, 0.5) is 0 Å². The monoisotopic (exact) mass is 142 g/mol. The van der Waals surface area contributed by atoms with Gasteiger partial charge in [-0.15, -0.1) is 0 Å². The second-order valence-electron chi connectivity index (χ2n) is 2.72. The third-order valence-corrected chi connectivity index (χ3v) is 1.46. The van der Waals surface area contributed by atoms with E-state index in [0.29, 0.717) is 5.57 Å². The van der Waals surface area contributed by atoms with Crippen molar-refractivity contribution in [3.05, 3.63) is 11.3 Å². The lowest BCUT2D eigenvalue weighted by Gasteiger charge is -2.05. The summed E-state index contributed by atoms with van der Waals surface area (Å²) in [4.78, 5) is 10.7. The summed E-state index contributed by atoms with van der Waals surface area (Å²) in [7, 11) is 0. The molecule has 0 saturated carbocycles. The average Bonchev–Trinajstić information content (AvgIpc) is 1.84. The second kappa shape index (κ2) is 3.40. The highest BCUT2D eigenvalue weighted by Crippen LogP contribution is 2.11. The van der Waals surface area contributed by atoms with E-state index in [1.54, 1.807) is 6.92 Å². The van der Waals surface area contributed by atoms with E-state index >= 15 is 0 Å². The lowest BCUT2D eigenvalue weighted by Crippen LogP contribution is -2.02. The number of hydrogen-bond donors (Lipinski definition) is 1. The molecule has 0 aliphatic rings. The number of ketones is 1. The van der Waals surface area contributed by atoms with Crippen LogP contribution in [0.5, 0.6) is 0 Å². The van der Waals surface area contributed by atoms with Crippen molar-refractivity contribution < 1.29 is 9.90 Å². The van der Waals surface area contributed by atoms with Gasteiger partial charge in [-0.25, -0.2) is 0 Å². The Hall–Kier alpha value is -0.790. The zero-order valence-electron chi connectivity index (χ0n) is 6.93. The van der Waals surface area contributed by atoms with E-state index in [9.17, 15) is 9.90 Å². The Kier molecular flexibility index (Phi) is 3.13. The Labute approximate surface area is 61.6 Å². The summed E-state index contributed by atoms with van der Waals surface area (Å²) in [5.74, 6) is 0.183. The predicted molar refractivity (Wildman–Crippen MR) is 40.8 cm³/mol. The Morgan fingerprint density at radius 1 is 1.30 bits per heavy atom. The first-order valence-electron chi connectivity index (χ1n) is 3.37. The summed E-state index contributed by atoms with van der Waals surface area (Å²) in [5.41, 5.74) is 0.468. The molecule has 0 aromatic rings. The molecular formula is C8H14O2. The Morgan fingerprint density at radius 3 is 1.80 bits per heavy atom. The van der Waals surface area contributed by atoms with E-state index < -0.39 is 0 Å². The van der Waals surface area contributed by atoms with Gasteiger partial charge in [-0.05, 0) is 13.8 Å². The summed E-state index contributed by atoms with van der Waals surface area (Å²) >= 11 is 0. The molecule has 0 aromatic heterocycles. The van der Waals surface area contributed by atoms with Crippen LogP contribution >= 0.6 is 0 Å². The van der Waals surface area contributed by atoms with Crippen molar-refractivity contribution in [2.45, 2.75) is 27.7 Å². The third kappa shape index (κ3) is 2.21. The summed E-state index contributed by atoms with van der Waals surface area (Å²) in [6.45, 7) is 6.79. The van der Waals surface area contributed by atoms with Gasteiger partial charge in [-0.1, -0.05) is 13.8 Å². The number of rotatable bonds is 2. The molecule has 1 N–H and O–H groups in total. The molecule has 0 heterocycles. The van der Waals surface area contributed by atoms with Crippen molar-refractivity contribution >= 4 is 5.78 Å². The number of aliphatic hydroxyl groups is 1. The fourth-order valence-electron chi connectivity index (χ4n) is 0.613. The lowest BCUT2D eigenvalue weighted by atomic mass is 10.1. The van der Waals surface area contributed by atoms with E-state index in [-0.39, 0.29) is 17.5 Å². The third-order valence-electron chi connectivity index (χ3n) is 1.46. The molecule has 0 rings (SSSR count). The fourth-order valence-corrected chi connectivity index (χ4v) is 0.613. The molecule has 0 spiro atoms. The van der Waals surface area contributed by atoms with Gasteiger partial charge in [0.15, 0.2) is 5.78 Å². The van der Waals surface area contributed by atoms with E-state index in [1.807, 2.05) is 13.8 Å². The molecule has 0 aromatic carbocycles. The van der Waals surface area contributed by atoms with Gasteiger partial charge in [-0.3, -0.25) is 4.79 Å². The molecule has 0 aliphatic carbocycles. The molecule has 2 heteroatoms. The zero-order chi connectivity index (χ0) is 8.31. The highest BCUT2D eigenvalue weighted by atomic mass is 16.3. The fraction of sp³-hybridized carbons (Fsp3) is 0.625. The molecule has 0 aliphatic heterocycles. The van der Waals surface area contributed by atoms with Crippen LogP contribution in [0, 0.1) is 5.92 Å². The van der Waals surface area contributed by atoms with Gasteiger partial charge in [0, 0.05) is 11.5 Å². The van der Waals surface area contributed by atoms with Gasteiger partial charge in [0.1, 0.15) is 5.76 Å². The normalized spacial score (nSPS) is 13.3. The van der Waals surface area contributed by atoms with Gasteiger partial charge in [0.05, 0.1) is 0 Å². The molecule has 10 heavy (non-hydrogen) atoms. The van der Waals surface area contributed by atoms with Crippen LogP contribution in [0.1, 0.15) is 27.7 Å². The van der Waals surface area contributed by atoms with Crippen molar-refractivity contribution in [2.75, 3.05) is 0 Å². The first-order chi connectivity index (χ1) is 4.46. The number of hydrogen-bond acceptors (Lipinski definition) is 2. The Balaban J connectivity index is 4.50. The zero-order valence-corrected chi connectivity index (χ0v) is 6.93. The minimum absolute atomic E-state index is 0.0453. The number of carbonyl (C=O) groups excluding carboxylic acids is 1. The van der Waals surface area contributed by atoms with Crippen LogP contribution in [0.15, 0.2) is 11.3 Å². The summed E-state index contributed by atoms with van der Waals surface area (Å²) in [6.07, 6.45) is 0. The maximum atomic E-state index is 10.7. The van der Waals surface area contributed by atoms with Crippen LogP contribution in [0.2, 0.25) is 0 Å². The van der Waals surface area contributed by atoms with Gasteiger partial charge in [-0.2, -0.15) is 0 Å². The van der Waals surface area contributed by atoms with Crippen molar-refractivity contribution in [3.63, 3.8) is 0 Å². The topological polar surface area (TPSA) is 37.3 Å². The van der Waals surface area contributed by atoms with Gasteiger partial charge < -0.3 is 5.11 Å². The van der Waals surface area contributed by atoms with Crippen molar-refractivity contribution in [2.24, 2.45) is 5.92 Å². The van der Waals surface area contributed by atoms with Crippen LogP contribution in [-0.4, -0.2) is 10.9 Å². The highest BCUT2D eigenvalue weighted by Gasteiger charge is 2.07. The maximum absolute atomic E-state index is 10.7. The minimum atomic E-state index is -0.0637. The van der Waals surface area contributed by atoms with Crippen LogP contribution in [0.25, 0.3) is 0 Å². The number of aliphatic hydroxyl groups excluding tert-OH is 1. The quantitative estimate of drug-likeness (QED) is 0.473. The van der Waals surface area contributed by atoms with Gasteiger partial charge >= 0.3 is 0 Å². The molecule has 0 fully saturated rings. The predicted octanol–water partition coefficient (Wildman–Crippen LogP) is 2.06. The summed E-state index contributed by atoms with van der Waals surface area (Å²) < 4.78 is 0. The molecule has 2 nitrogen and oxygen atoms in total. The van der Waals surface area contributed by atoms with Crippen LogP contribution in [0.3, 0.4) is 0 Å². The van der Waals surface area contributed by atoms with E-state index in [0.717, 1.165) is 0 Å². The summed E-state index contributed by atoms with van der Waals surface area (Å²) in [6, 6.07) is 0. The lowest BCUT2D eigenvalue weighted by molar-refractivity contribution is -0.113. The number of Topliss-reactive ketones (excluding diaryl/α,β-unsaturated/α-hetero) is 1. The molecule has 0 radical (unpaired) electrons. The summed E-state index contributed by atoms with van der Waals surface area (Å²) in [5, 5.41) is 9.22. The SMILES string of the molecule is CC(=O)C(C)=C(O)C(C)C. The number of carbonyl (C=O) groups is 1. The Bertz CT molecular complexity index is 166. The largest absolute Gasteiger partial charge is 0.512 e. The van der Waals surface area contributed by atoms with Crippen molar-refractivity contribution in [1.29, 1.82) is 0 Å². The Morgan fingerprint density at radius 2 is 1.70 bits per heavy atom. The van der Waals surface area contributed by atoms with Gasteiger partial charge in [0.25, 0.3) is 0 Å². The molecular weight excluding hydrogens is 128 g/mol. The first kappa shape index (κ1) is 9.21. The first-order valence-corrected chi connectivity index (χ1v) is 3.37. The molecule has 0 saturated heterocycles. The minimum Gasteiger partial charge on any atom is -0.512 e. The van der Waals surface area contributed by atoms with Gasteiger partial charge in [0.2, 0.25) is 0 Å². The number of allylic oxidation sites excluding steroid dienone is 2. The molecule has 0 amide bonds. The van der Waals surface area contributed by atoms with E-state index in [4.69, 9.17) is 0 Å². The standard InChI is InChI=1S/C8H14O2/c1-5(2)8(10)6(3)7(4)9/h5,10H,1-4H3. The molecule has 0 unspecified atom stereocenters. The molecule has 0 bridgehead atoms. The smallest absolute Gasteiger partial charge is 0.158 e. The highest BCUT2D eigenvalue weighted by molar-refractivity contribution is 5.93. The maximum Gasteiger partial charge on any atom is 0.158 e. The van der Waals surface area contributed by atoms with E-state index in [2.05, 4.69) is 0 Å². The molecule has 58 valence electrons. The van der Waals surface area contributed by atoms with E-state index in [1.165, 1.54) is 6.92 Å². The van der Waals surface area contributed by atoms with Crippen LogP contribution in [-0.2, 0) is 4.79 Å². The average molecular weight is 142 g/mol. The second-order valence-corrected chi connectivity index (χ2v) is 2.72. The van der Waals surface area contributed by atoms with Crippen molar-refractivity contribution in [1.82, 2.24) is 0 Å². The van der Waals surface area contributed by atoms with Crippen LogP contribution < -0.4 is 0 Å².